The third-order valence-corrected chi connectivity index (χ3v) is 2.67. The van der Waals surface area contributed by atoms with Crippen LogP contribution < -0.4 is 10.1 Å². The van der Waals surface area contributed by atoms with Gasteiger partial charge in [-0.25, -0.2) is 4.79 Å². The van der Waals surface area contributed by atoms with Crippen molar-refractivity contribution < 1.29 is 19.4 Å². The summed E-state index contributed by atoms with van der Waals surface area (Å²) in [6.45, 7) is 0. The fraction of sp³-hybridized carbons (Fsp3) is 0.154. The summed E-state index contributed by atoms with van der Waals surface area (Å²) >= 11 is 0. The Labute approximate surface area is 114 Å². The summed E-state index contributed by atoms with van der Waals surface area (Å²) in [6.07, 6.45) is 2.94. The standard InChI is InChI=1S/C13H13N3O4/c1-16-7-8(6-14-16)12(17)15-11-5-9(20-2)3-4-10(11)13(18)19/h3-7H,1-2H3,(H,15,17)(H,18,19). The summed E-state index contributed by atoms with van der Waals surface area (Å²) in [4.78, 5) is 23.1. The Bertz CT molecular complexity index is 663. The Morgan fingerprint density at radius 1 is 1.40 bits per heavy atom. The number of hydrogen-bond donors (Lipinski definition) is 2. The van der Waals surface area contributed by atoms with Gasteiger partial charge in [0.1, 0.15) is 5.75 Å². The van der Waals surface area contributed by atoms with Crippen molar-refractivity contribution in [2.24, 2.45) is 7.05 Å². The lowest BCUT2D eigenvalue weighted by atomic mass is 10.1. The number of nitrogens with zero attached hydrogens (tertiary/aromatic N) is 2. The van der Waals surface area contributed by atoms with E-state index in [2.05, 4.69) is 10.4 Å². The van der Waals surface area contributed by atoms with Gasteiger partial charge in [-0.2, -0.15) is 5.10 Å². The number of carbonyl (C=O) groups is 2. The SMILES string of the molecule is COc1ccc(C(=O)O)c(NC(=O)c2cnn(C)c2)c1. The number of aromatic nitrogens is 2. The molecule has 0 spiro atoms. The van der Waals surface area contributed by atoms with E-state index in [9.17, 15) is 9.59 Å². The van der Waals surface area contributed by atoms with Crippen LogP contribution in [-0.4, -0.2) is 33.9 Å². The minimum atomic E-state index is -1.13. The van der Waals surface area contributed by atoms with E-state index in [0.29, 0.717) is 11.3 Å². The van der Waals surface area contributed by atoms with Crippen LogP contribution in [0, 0.1) is 0 Å². The van der Waals surface area contributed by atoms with Gasteiger partial charge < -0.3 is 15.2 Å². The van der Waals surface area contributed by atoms with Gasteiger partial charge in [-0.1, -0.05) is 0 Å². The highest BCUT2D eigenvalue weighted by atomic mass is 16.5. The minimum absolute atomic E-state index is 0.0111. The maximum absolute atomic E-state index is 12.0. The van der Waals surface area contributed by atoms with E-state index in [4.69, 9.17) is 9.84 Å². The number of anilines is 1. The molecule has 1 aromatic heterocycles. The molecule has 2 aromatic rings. The number of methoxy groups -OCH3 is 1. The van der Waals surface area contributed by atoms with Gasteiger partial charge in [0, 0.05) is 19.3 Å². The maximum atomic E-state index is 12.0. The lowest BCUT2D eigenvalue weighted by Gasteiger charge is -2.09. The lowest BCUT2D eigenvalue weighted by molar-refractivity contribution is 0.0698. The van der Waals surface area contributed by atoms with Crippen LogP contribution in [0.5, 0.6) is 5.75 Å². The van der Waals surface area contributed by atoms with Gasteiger partial charge >= 0.3 is 5.97 Å². The molecule has 0 atom stereocenters. The van der Waals surface area contributed by atoms with Crippen LogP contribution in [0.2, 0.25) is 0 Å². The van der Waals surface area contributed by atoms with Gasteiger partial charge in [0.15, 0.2) is 0 Å². The molecule has 0 aliphatic rings. The van der Waals surface area contributed by atoms with Gasteiger partial charge in [0.25, 0.3) is 5.91 Å². The van der Waals surface area contributed by atoms with E-state index in [0.717, 1.165) is 0 Å². The Kier molecular flexibility index (Phi) is 3.69. The average molecular weight is 275 g/mol. The molecule has 0 bridgehead atoms. The highest BCUT2D eigenvalue weighted by molar-refractivity contribution is 6.07. The number of hydrogen-bond acceptors (Lipinski definition) is 4. The smallest absolute Gasteiger partial charge is 0.337 e. The lowest BCUT2D eigenvalue weighted by Crippen LogP contribution is -2.14. The molecule has 2 N–H and O–H groups in total. The van der Waals surface area contributed by atoms with E-state index in [1.165, 1.54) is 42.4 Å². The first kappa shape index (κ1) is 13.6. The van der Waals surface area contributed by atoms with Crippen molar-refractivity contribution in [1.29, 1.82) is 0 Å². The second-order valence-corrected chi connectivity index (χ2v) is 4.07. The van der Waals surface area contributed by atoms with Crippen molar-refractivity contribution in [2.45, 2.75) is 0 Å². The highest BCUT2D eigenvalue weighted by Gasteiger charge is 2.15. The number of rotatable bonds is 4. The van der Waals surface area contributed by atoms with Gasteiger partial charge in [0.05, 0.1) is 30.1 Å². The molecule has 0 unspecified atom stereocenters. The second-order valence-electron chi connectivity index (χ2n) is 4.07. The van der Waals surface area contributed by atoms with Gasteiger partial charge in [-0.05, 0) is 12.1 Å². The molecule has 2 rings (SSSR count). The number of carboxylic acids is 1. The molecule has 7 heteroatoms. The number of benzene rings is 1. The van der Waals surface area contributed by atoms with Crippen molar-refractivity contribution in [2.75, 3.05) is 12.4 Å². The van der Waals surface area contributed by atoms with Crippen LogP contribution in [0.15, 0.2) is 30.6 Å². The molecule has 104 valence electrons. The topological polar surface area (TPSA) is 93.4 Å². The van der Waals surface area contributed by atoms with Crippen LogP contribution in [0.3, 0.4) is 0 Å². The summed E-state index contributed by atoms with van der Waals surface area (Å²) in [7, 11) is 3.15. The van der Waals surface area contributed by atoms with Gasteiger partial charge in [-0.15, -0.1) is 0 Å². The van der Waals surface area contributed by atoms with E-state index in [1.54, 1.807) is 7.05 Å². The van der Waals surface area contributed by atoms with Crippen molar-refractivity contribution >= 4 is 17.6 Å². The number of carboxylic acid groups (broad SMARTS) is 1. The van der Waals surface area contributed by atoms with Crippen LogP contribution in [-0.2, 0) is 7.05 Å². The highest BCUT2D eigenvalue weighted by Crippen LogP contribution is 2.23. The predicted octanol–water partition coefficient (Wildman–Crippen LogP) is 1.38. The number of amides is 1. The van der Waals surface area contributed by atoms with E-state index >= 15 is 0 Å². The van der Waals surface area contributed by atoms with Gasteiger partial charge in [0.2, 0.25) is 0 Å². The van der Waals surface area contributed by atoms with Crippen LogP contribution >= 0.6 is 0 Å². The Morgan fingerprint density at radius 3 is 2.70 bits per heavy atom. The largest absolute Gasteiger partial charge is 0.497 e. The Balaban J connectivity index is 2.31. The van der Waals surface area contributed by atoms with Crippen molar-refractivity contribution in [3.8, 4) is 5.75 Å². The third kappa shape index (κ3) is 2.77. The normalized spacial score (nSPS) is 10.1. The molecular formula is C13H13N3O4. The Hall–Kier alpha value is -2.83. The molecule has 0 saturated carbocycles. The molecule has 0 aliphatic carbocycles. The molecule has 1 aromatic carbocycles. The summed E-state index contributed by atoms with van der Waals surface area (Å²) in [6, 6.07) is 4.35. The first-order valence-electron chi connectivity index (χ1n) is 5.72. The quantitative estimate of drug-likeness (QED) is 0.879. The summed E-state index contributed by atoms with van der Waals surface area (Å²) in [5.74, 6) is -1.11. The zero-order valence-electron chi connectivity index (χ0n) is 11.0. The van der Waals surface area contributed by atoms with Crippen LogP contribution in [0.4, 0.5) is 5.69 Å². The van der Waals surface area contributed by atoms with Crippen LogP contribution in [0.1, 0.15) is 20.7 Å². The summed E-state index contributed by atoms with van der Waals surface area (Å²) < 4.78 is 6.51. The first-order valence-corrected chi connectivity index (χ1v) is 5.72. The second kappa shape index (κ2) is 5.43. The fourth-order valence-electron chi connectivity index (χ4n) is 1.67. The zero-order valence-corrected chi connectivity index (χ0v) is 11.0. The molecule has 1 amide bonds. The monoisotopic (exact) mass is 275 g/mol. The average Bonchev–Trinajstić information content (AvgIpc) is 2.85. The van der Waals surface area contributed by atoms with Crippen LogP contribution in [0.25, 0.3) is 0 Å². The predicted molar refractivity (Wildman–Crippen MR) is 71.1 cm³/mol. The van der Waals surface area contributed by atoms with Crippen molar-refractivity contribution in [1.82, 2.24) is 9.78 Å². The zero-order chi connectivity index (χ0) is 14.7. The maximum Gasteiger partial charge on any atom is 0.337 e. The molecule has 7 nitrogen and oxygen atoms in total. The molecular weight excluding hydrogens is 262 g/mol. The third-order valence-electron chi connectivity index (χ3n) is 2.67. The molecule has 1 heterocycles. The first-order chi connectivity index (χ1) is 9.51. The number of aromatic carboxylic acids is 1. The van der Waals surface area contributed by atoms with Crippen molar-refractivity contribution in [3.05, 3.63) is 41.7 Å². The summed E-state index contributed by atoms with van der Waals surface area (Å²) in [5, 5.41) is 15.5. The molecule has 0 fully saturated rings. The number of nitrogens with one attached hydrogen (secondary N) is 1. The molecule has 20 heavy (non-hydrogen) atoms. The molecule has 0 aliphatic heterocycles. The molecule has 0 saturated heterocycles. The van der Waals surface area contributed by atoms with Gasteiger partial charge in [-0.3, -0.25) is 9.48 Å². The van der Waals surface area contributed by atoms with Crippen molar-refractivity contribution in [3.63, 3.8) is 0 Å². The van der Waals surface area contributed by atoms with E-state index in [-0.39, 0.29) is 11.3 Å². The minimum Gasteiger partial charge on any atom is -0.497 e. The number of ether oxygens (including phenoxy) is 1. The number of aryl methyl sites for hydroxylation is 1. The van der Waals surface area contributed by atoms with E-state index < -0.39 is 11.9 Å². The fourth-order valence-corrected chi connectivity index (χ4v) is 1.67. The van der Waals surface area contributed by atoms with E-state index in [1.807, 2.05) is 0 Å². The summed E-state index contributed by atoms with van der Waals surface area (Å²) in [5.41, 5.74) is 0.500. The number of carbonyl (C=O) groups excluding carboxylic acids is 1. The Morgan fingerprint density at radius 2 is 2.15 bits per heavy atom. The molecule has 0 radical (unpaired) electrons.